The molecule has 1 aromatic heterocycles. The van der Waals surface area contributed by atoms with Gasteiger partial charge in [0.2, 0.25) is 0 Å². The summed E-state index contributed by atoms with van der Waals surface area (Å²) >= 11 is 0. The van der Waals surface area contributed by atoms with E-state index in [1.807, 2.05) is 0 Å². The Morgan fingerprint density at radius 2 is 1.62 bits per heavy atom. The minimum absolute atomic E-state index is 0.0386. The van der Waals surface area contributed by atoms with Gasteiger partial charge in [-0.1, -0.05) is 0 Å². The molecule has 0 amide bonds. The lowest BCUT2D eigenvalue weighted by Crippen LogP contribution is -2.32. The summed E-state index contributed by atoms with van der Waals surface area (Å²) in [4.78, 5) is 2.38. The van der Waals surface area contributed by atoms with E-state index < -0.39 is 0 Å². The Kier molecular flexibility index (Phi) is 3.66. The second-order valence-electron chi connectivity index (χ2n) is 5.29. The maximum Gasteiger partial charge on any atom is 0.130 e. The van der Waals surface area contributed by atoms with E-state index in [0.717, 1.165) is 18.8 Å². The number of aromatic nitrogens is 2. The molecule has 0 aliphatic carbocycles. The van der Waals surface area contributed by atoms with E-state index in [2.05, 4.69) is 63.1 Å². The quantitative estimate of drug-likeness (QED) is 0.785. The zero-order valence-corrected chi connectivity index (χ0v) is 11.8. The molecule has 0 aliphatic heterocycles. The van der Waals surface area contributed by atoms with Crippen LogP contribution in [0.4, 0.5) is 5.82 Å². The molecule has 0 atom stereocenters. The number of aryl methyl sites for hydroxylation is 1. The van der Waals surface area contributed by atoms with Gasteiger partial charge in [0.15, 0.2) is 0 Å². The SMILES string of the molecule is CCN(CC)c1c(C)c(C)nn1C(C)(C)C. The fourth-order valence-electron chi connectivity index (χ4n) is 1.95. The number of nitrogens with zero attached hydrogens (tertiary/aromatic N) is 3. The van der Waals surface area contributed by atoms with E-state index in [-0.39, 0.29) is 5.54 Å². The van der Waals surface area contributed by atoms with Crippen molar-refractivity contribution in [3.63, 3.8) is 0 Å². The van der Waals surface area contributed by atoms with Crippen LogP contribution in [0.1, 0.15) is 45.9 Å². The Labute approximate surface area is 99.4 Å². The van der Waals surface area contributed by atoms with Crippen LogP contribution < -0.4 is 4.90 Å². The van der Waals surface area contributed by atoms with Gasteiger partial charge in [0, 0.05) is 18.7 Å². The van der Waals surface area contributed by atoms with Crippen molar-refractivity contribution in [1.82, 2.24) is 9.78 Å². The molecule has 0 radical (unpaired) electrons. The monoisotopic (exact) mass is 223 g/mol. The lowest BCUT2D eigenvalue weighted by molar-refractivity contribution is 0.354. The van der Waals surface area contributed by atoms with Gasteiger partial charge in [-0.25, -0.2) is 4.68 Å². The average molecular weight is 223 g/mol. The Bertz CT molecular complexity index is 354. The van der Waals surface area contributed by atoms with E-state index in [1.165, 1.54) is 11.4 Å². The molecule has 0 N–H and O–H groups in total. The van der Waals surface area contributed by atoms with Crippen molar-refractivity contribution >= 4 is 5.82 Å². The molecule has 1 rings (SSSR count). The van der Waals surface area contributed by atoms with E-state index in [1.54, 1.807) is 0 Å². The van der Waals surface area contributed by atoms with Crippen LogP contribution in [0.15, 0.2) is 0 Å². The Morgan fingerprint density at radius 3 is 2.00 bits per heavy atom. The van der Waals surface area contributed by atoms with Gasteiger partial charge in [0.05, 0.1) is 11.2 Å². The Balaban J connectivity index is 3.34. The third kappa shape index (κ3) is 2.23. The molecule has 1 aromatic rings. The third-order valence-electron chi connectivity index (χ3n) is 3.03. The zero-order valence-electron chi connectivity index (χ0n) is 11.8. The summed E-state index contributed by atoms with van der Waals surface area (Å²) in [6, 6.07) is 0. The molecule has 0 saturated heterocycles. The molecule has 0 bridgehead atoms. The number of rotatable bonds is 3. The van der Waals surface area contributed by atoms with Crippen LogP contribution in [0.25, 0.3) is 0 Å². The van der Waals surface area contributed by atoms with Crippen LogP contribution >= 0.6 is 0 Å². The first kappa shape index (κ1) is 13.1. The highest BCUT2D eigenvalue weighted by molar-refractivity contribution is 5.50. The zero-order chi connectivity index (χ0) is 12.5. The predicted octanol–water partition coefficient (Wildman–Crippen LogP) is 3.10. The number of hydrogen-bond acceptors (Lipinski definition) is 2. The van der Waals surface area contributed by atoms with Crippen molar-refractivity contribution < 1.29 is 0 Å². The minimum atomic E-state index is 0.0386. The van der Waals surface area contributed by atoms with E-state index in [4.69, 9.17) is 0 Å². The first-order valence-corrected chi connectivity index (χ1v) is 6.14. The first-order valence-electron chi connectivity index (χ1n) is 6.14. The number of hydrogen-bond donors (Lipinski definition) is 0. The standard InChI is InChI=1S/C13H25N3/c1-8-15(9-2)12-10(3)11(4)14-16(12)13(5,6)7/h8-9H2,1-7H3. The van der Waals surface area contributed by atoms with Crippen LogP contribution in [-0.4, -0.2) is 22.9 Å². The van der Waals surface area contributed by atoms with Gasteiger partial charge in [-0.3, -0.25) is 0 Å². The van der Waals surface area contributed by atoms with Crippen LogP contribution in [-0.2, 0) is 5.54 Å². The van der Waals surface area contributed by atoms with Crippen molar-refractivity contribution in [1.29, 1.82) is 0 Å². The Hall–Kier alpha value is -0.990. The molecule has 0 aliphatic rings. The molecule has 92 valence electrons. The maximum absolute atomic E-state index is 4.67. The number of anilines is 1. The van der Waals surface area contributed by atoms with Gasteiger partial charge in [-0.2, -0.15) is 5.10 Å². The molecule has 0 unspecified atom stereocenters. The second-order valence-corrected chi connectivity index (χ2v) is 5.29. The fourth-order valence-corrected chi connectivity index (χ4v) is 1.95. The minimum Gasteiger partial charge on any atom is -0.357 e. The van der Waals surface area contributed by atoms with Gasteiger partial charge in [-0.15, -0.1) is 0 Å². The molecule has 1 heterocycles. The molecule has 3 nitrogen and oxygen atoms in total. The van der Waals surface area contributed by atoms with Gasteiger partial charge in [0.1, 0.15) is 5.82 Å². The fraction of sp³-hybridized carbons (Fsp3) is 0.769. The first-order chi connectivity index (χ1) is 7.32. The van der Waals surface area contributed by atoms with E-state index in [0.29, 0.717) is 0 Å². The van der Waals surface area contributed by atoms with Crippen molar-refractivity contribution in [2.75, 3.05) is 18.0 Å². The van der Waals surface area contributed by atoms with Crippen molar-refractivity contribution in [2.45, 2.75) is 54.0 Å². The normalized spacial score (nSPS) is 11.9. The summed E-state index contributed by atoms with van der Waals surface area (Å²) in [5.74, 6) is 1.27. The molecule has 0 aromatic carbocycles. The molecule has 3 heteroatoms. The lowest BCUT2D eigenvalue weighted by Gasteiger charge is -2.29. The van der Waals surface area contributed by atoms with Gasteiger partial charge in [-0.05, 0) is 48.5 Å². The molecular weight excluding hydrogens is 198 g/mol. The molecular formula is C13H25N3. The van der Waals surface area contributed by atoms with Crippen LogP contribution in [0.3, 0.4) is 0 Å². The maximum atomic E-state index is 4.67. The highest BCUT2D eigenvalue weighted by Gasteiger charge is 2.23. The predicted molar refractivity (Wildman–Crippen MR) is 70.3 cm³/mol. The summed E-state index contributed by atoms with van der Waals surface area (Å²) < 4.78 is 2.16. The average Bonchev–Trinajstić information content (AvgIpc) is 2.47. The molecule has 0 fully saturated rings. The van der Waals surface area contributed by atoms with Crippen molar-refractivity contribution in [3.8, 4) is 0 Å². The highest BCUT2D eigenvalue weighted by Crippen LogP contribution is 2.28. The van der Waals surface area contributed by atoms with Crippen molar-refractivity contribution in [3.05, 3.63) is 11.3 Å². The van der Waals surface area contributed by atoms with Gasteiger partial charge in [0.25, 0.3) is 0 Å². The van der Waals surface area contributed by atoms with E-state index >= 15 is 0 Å². The van der Waals surface area contributed by atoms with Gasteiger partial charge >= 0.3 is 0 Å². The smallest absolute Gasteiger partial charge is 0.130 e. The van der Waals surface area contributed by atoms with E-state index in [9.17, 15) is 0 Å². The molecule has 0 spiro atoms. The van der Waals surface area contributed by atoms with Crippen molar-refractivity contribution in [2.24, 2.45) is 0 Å². The Morgan fingerprint density at radius 1 is 1.12 bits per heavy atom. The second kappa shape index (κ2) is 4.48. The van der Waals surface area contributed by atoms with Gasteiger partial charge < -0.3 is 4.90 Å². The highest BCUT2D eigenvalue weighted by atomic mass is 15.4. The molecule has 0 saturated carbocycles. The van der Waals surface area contributed by atoms with Crippen LogP contribution in [0, 0.1) is 13.8 Å². The lowest BCUT2D eigenvalue weighted by atomic mass is 10.1. The summed E-state index contributed by atoms with van der Waals surface area (Å²) in [5, 5.41) is 4.67. The summed E-state index contributed by atoms with van der Waals surface area (Å²) in [7, 11) is 0. The summed E-state index contributed by atoms with van der Waals surface area (Å²) in [6.45, 7) is 17.3. The van der Waals surface area contributed by atoms with Crippen LogP contribution in [0.5, 0.6) is 0 Å². The third-order valence-corrected chi connectivity index (χ3v) is 3.03. The van der Waals surface area contributed by atoms with Crippen LogP contribution in [0.2, 0.25) is 0 Å². The topological polar surface area (TPSA) is 21.1 Å². The largest absolute Gasteiger partial charge is 0.357 e. The summed E-state index contributed by atoms with van der Waals surface area (Å²) in [6.07, 6.45) is 0. The summed E-state index contributed by atoms with van der Waals surface area (Å²) in [5.41, 5.74) is 2.48. The molecule has 16 heavy (non-hydrogen) atoms.